The van der Waals surface area contributed by atoms with Crippen LogP contribution >= 0.6 is 0 Å². The topological polar surface area (TPSA) is 16.1 Å². The molecule has 4 rings (SSSR count). The molecular formula is C22H22N2. The minimum atomic E-state index is 0.949. The Labute approximate surface area is 143 Å². The van der Waals surface area contributed by atoms with Gasteiger partial charge in [-0.2, -0.15) is 0 Å². The van der Waals surface area contributed by atoms with Crippen molar-refractivity contribution in [2.75, 3.05) is 11.4 Å². The monoisotopic (exact) mass is 314 g/mol. The van der Waals surface area contributed by atoms with Crippen molar-refractivity contribution < 1.29 is 0 Å². The zero-order valence-corrected chi connectivity index (χ0v) is 14.1. The molecule has 1 aliphatic heterocycles. The van der Waals surface area contributed by atoms with Crippen molar-refractivity contribution in [3.8, 4) is 0 Å². The summed E-state index contributed by atoms with van der Waals surface area (Å²) < 4.78 is 0. The smallest absolute Gasteiger partial charge is 0.0709 e. The Morgan fingerprint density at radius 1 is 0.958 bits per heavy atom. The van der Waals surface area contributed by atoms with Gasteiger partial charge >= 0.3 is 0 Å². The molecule has 0 atom stereocenters. The van der Waals surface area contributed by atoms with Gasteiger partial charge in [-0.15, -0.1) is 0 Å². The summed E-state index contributed by atoms with van der Waals surface area (Å²) >= 11 is 0. The van der Waals surface area contributed by atoms with Crippen molar-refractivity contribution in [1.82, 2.24) is 4.98 Å². The molecule has 2 aromatic carbocycles. The Morgan fingerprint density at radius 3 is 2.71 bits per heavy atom. The molecule has 0 N–H and O–H groups in total. The number of hydrogen-bond donors (Lipinski definition) is 0. The number of allylic oxidation sites excluding steroid dienone is 1. The first-order valence-corrected chi connectivity index (χ1v) is 8.76. The SMILES string of the molecule is CCCCN1C=C(c2ccc3ccccc3n2)Cc2ccccc21. The number of pyridine rings is 1. The summed E-state index contributed by atoms with van der Waals surface area (Å²) in [6, 6.07) is 21.4. The second-order valence-corrected chi connectivity index (χ2v) is 6.40. The van der Waals surface area contributed by atoms with E-state index in [-0.39, 0.29) is 0 Å². The molecule has 1 aromatic heterocycles. The maximum atomic E-state index is 4.89. The fraction of sp³-hybridized carbons (Fsp3) is 0.227. The third kappa shape index (κ3) is 2.80. The molecule has 0 spiro atoms. The lowest BCUT2D eigenvalue weighted by Crippen LogP contribution is -2.23. The van der Waals surface area contributed by atoms with Crippen molar-refractivity contribution in [3.05, 3.63) is 78.1 Å². The lowest BCUT2D eigenvalue weighted by atomic mass is 9.96. The van der Waals surface area contributed by atoms with Crippen LogP contribution in [-0.4, -0.2) is 11.5 Å². The van der Waals surface area contributed by atoms with Gasteiger partial charge in [-0.25, -0.2) is 4.98 Å². The maximum absolute atomic E-state index is 4.89. The van der Waals surface area contributed by atoms with Crippen LogP contribution in [0.25, 0.3) is 16.5 Å². The van der Waals surface area contributed by atoms with E-state index < -0.39 is 0 Å². The van der Waals surface area contributed by atoms with Crippen molar-refractivity contribution in [1.29, 1.82) is 0 Å². The van der Waals surface area contributed by atoms with E-state index in [4.69, 9.17) is 4.98 Å². The van der Waals surface area contributed by atoms with E-state index in [1.807, 2.05) is 0 Å². The Bertz CT molecular complexity index is 895. The maximum Gasteiger partial charge on any atom is 0.0709 e. The van der Waals surface area contributed by atoms with Crippen molar-refractivity contribution in [2.24, 2.45) is 0 Å². The molecule has 0 unspecified atom stereocenters. The number of para-hydroxylation sites is 2. The Kier molecular flexibility index (Phi) is 4.04. The van der Waals surface area contributed by atoms with Crippen LogP contribution in [0, 0.1) is 0 Å². The minimum Gasteiger partial charge on any atom is -0.347 e. The molecule has 0 saturated heterocycles. The van der Waals surface area contributed by atoms with E-state index in [0.29, 0.717) is 0 Å². The van der Waals surface area contributed by atoms with E-state index in [9.17, 15) is 0 Å². The number of anilines is 1. The largest absolute Gasteiger partial charge is 0.347 e. The van der Waals surface area contributed by atoms with Gasteiger partial charge in [-0.1, -0.05) is 55.8 Å². The molecule has 2 heteroatoms. The van der Waals surface area contributed by atoms with Crippen LogP contribution in [0.15, 0.2) is 66.9 Å². The first-order valence-electron chi connectivity index (χ1n) is 8.76. The van der Waals surface area contributed by atoms with Crippen molar-refractivity contribution in [3.63, 3.8) is 0 Å². The predicted molar refractivity (Wildman–Crippen MR) is 102 cm³/mol. The van der Waals surface area contributed by atoms with Gasteiger partial charge in [0.2, 0.25) is 0 Å². The van der Waals surface area contributed by atoms with E-state index >= 15 is 0 Å². The number of unbranched alkanes of at least 4 members (excludes halogenated alkanes) is 1. The van der Waals surface area contributed by atoms with Gasteiger partial charge in [-0.3, -0.25) is 0 Å². The molecule has 0 bridgehead atoms. The van der Waals surface area contributed by atoms with Crippen LogP contribution < -0.4 is 4.90 Å². The van der Waals surface area contributed by atoms with Crippen LogP contribution in [0.3, 0.4) is 0 Å². The van der Waals surface area contributed by atoms with Gasteiger partial charge < -0.3 is 4.90 Å². The summed E-state index contributed by atoms with van der Waals surface area (Å²) in [6.45, 7) is 3.30. The Morgan fingerprint density at radius 2 is 1.79 bits per heavy atom. The summed E-state index contributed by atoms with van der Waals surface area (Å²) in [5.41, 5.74) is 6.19. The lowest BCUT2D eigenvalue weighted by molar-refractivity contribution is 0.777. The summed E-state index contributed by atoms with van der Waals surface area (Å²) in [5.74, 6) is 0. The van der Waals surface area contributed by atoms with E-state index in [2.05, 4.69) is 78.7 Å². The Balaban J connectivity index is 1.74. The normalized spacial score (nSPS) is 13.7. The summed E-state index contributed by atoms with van der Waals surface area (Å²) in [7, 11) is 0. The molecule has 2 nitrogen and oxygen atoms in total. The average molecular weight is 314 g/mol. The zero-order chi connectivity index (χ0) is 16.4. The van der Waals surface area contributed by atoms with Gasteiger partial charge in [0.05, 0.1) is 11.2 Å². The number of hydrogen-bond acceptors (Lipinski definition) is 2. The molecule has 24 heavy (non-hydrogen) atoms. The van der Waals surface area contributed by atoms with Crippen LogP contribution in [0.4, 0.5) is 5.69 Å². The summed E-state index contributed by atoms with van der Waals surface area (Å²) in [6.07, 6.45) is 5.65. The van der Waals surface area contributed by atoms with Crippen LogP contribution in [0.5, 0.6) is 0 Å². The fourth-order valence-electron chi connectivity index (χ4n) is 3.36. The highest BCUT2D eigenvalue weighted by molar-refractivity contribution is 5.83. The molecule has 0 fully saturated rings. The number of nitrogens with zero attached hydrogens (tertiary/aromatic N) is 2. The molecule has 120 valence electrons. The second kappa shape index (κ2) is 6.48. The molecule has 0 saturated carbocycles. The first kappa shape index (κ1) is 14.9. The molecule has 3 aromatic rings. The first-order chi connectivity index (χ1) is 11.8. The number of fused-ring (bicyclic) bond motifs is 2. The minimum absolute atomic E-state index is 0.949. The highest BCUT2D eigenvalue weighted by atomic mass is 15.1. The average Bonchev–Trinajstić information content (AvgIpc) is 2.65. The standard InChI is InChI=1S/C22H22N2/c1-2-3-14-24-16-19(15-18-9-5-7-11-22(18)24)21-13-12-17-8-4-6-10-20(17)23-21/h4-13,16H,2-3,14-15H2,1H3. The van der Waals surface area contributed by atoms with Crippen LogP contribution in [-0.2, 0) is 6.42 Å². The van der Waals surface area contributed by atoms with E-state index in [1.165, 1.54) is 35.1 Å². The third-order valence-corrected chi connectivity index (χ3v) is 4.67. The fourth-order valence-corrected chi connectivity index (χ4v) is 3.36. The molecule has 0 radical (unpaired) electrons. The molecule has 0 aliphatic carbocycles. The summed E-state index contributed by atoms with van der Waals surface area (Å²) in [4.78, 5) is 7.29. The molecular weight excluding hydrogens is 292 g/mol. The van der Waals surface area contributed by atoms with Gasteiger partial charge in [0.1, 0.15) is 0 Å². The zero-order valence-electron chi connectivity index (χ0n) is 14.1. The lowest BCUT2D eigenvalue weighted by Gasteiger charge is -2.29. The molecule has 2 heterocycles. The van der Waals surface area contributed by atoms with Gasteiger partial charge in [-0.05, 0) is 35.8 Å². The Hall–Kier alpha value is -2.61. The number of aromatic nitrogens is 1. The highest BCUT2D eigenvalue weighted by Gasteiger charge is 2.18. The van der Waals surface area contributed by atoms with E-state index in [1.54, 1.807) is 0 Å². The van der Waals surface area contributed by atoms with Crippen LogP contribution in [0.2, 0.25) is 0 Å². The molecule has 1 aliphatic rings. The number of rotatable bonds is 4. The summed E-state index contributed by atoms with van der Waals surface area (Å²) in [5, 5.41) is 1.20. The van der Waals surface area contributed by atoms with Crippen molar-refractivity contribution >= 4 is 22.2 Å². The predicted octanol–water partition coefficient (Wildman–Crippen LogP) is 5.44. The van der Waals surface area contributed by atoms with Gasteiger partial charge in [0, 0.05) is 30.2 Å². The van der Waals surface area contributed by atoms with Gasteiger partial charge in [0.15, 0.2) is 0 Å². The highest BCUT2D eigenvalue weighted by Crippen LogP contribution is 2.33. The van der Waals surface area contributed by atoms with Crippen molar-refractivity contribution in [2.45, 2.75) is 26.2 Å². The molecule has 0 amide bonds. The van der Waals surface area contributed by atoms with Gasteiger partial charge in [0.25, 0.3) is 0 Å². The van der Waals surface area contributed by atoms with Crippen LogP contribution in [0.1, 0.15) is 31.0 Å². The second-order valence-electron chi connectivity index (χ2n) is 6.40. The quantitative estimate of drug-likeness (QED) is 0.637. The third-order valence-electron chi connectivity index (χ3n) is 4.67. The number of benzene rings is 2. The van der Waals surface area contributed by atoms with E-state index in [0.717, 1.165) is 24.2 Å².